The quantitative estimate of drug-likeness (QED) is 0.239. The fraction of sp³-hybridized carbons (Fsp3) is 0.395. The predicted molar refractivity (Wildman–Crippen MR) is 196 cm³/mol. The van der Waals surface area contributed by atoms with E-state index in [1.54, 1.807) is 31.4 Å². The number of piperazine rings is 1. The monoisotopic (exact) mass is 694 g/mol. The lowest BCUT2D eigenvalue weighted by molar-refractivity contribution is -0.0698. The number of aryl methyl sites for hydroxylation is 1. The summed E-state index contributed by atoms with van der Waals surface area (Å²) in [7, 11) is 1.64. The number of rotatable bonds is 8. The molecule has 4 aromatic heterocycles. The van der Waals surface area contributed by atoms with E-state index in [2.05, 4.69) is 37.1 Å². The molecule has 2 fully saturated rings. The third kappa shape index (κ3) is 6.52. The first-order valence-electron chi connectivity index (χ1n) is 17.3. The van der Waals surface area contributed by atoms with Crippen molar-refractivity contribution < 1.29 is 14.2 Å². The Bertz CT molecular complexity index is 2210. The molecule has 2 aliphatic rings. The highest BCUT2D eigenvalue weighted by molar-refractivity contribution is 5.83. The summed E-state index contributed by atoms with van der Waals surface area (Å²) in [5.74, 6) is -0.0790. The molecule has 2 N–H and O–H groups in total. The van der Waals surface area contributed by atoms with Crippen molar-refractivity contribution in [2.24, 2.45) is 7.05 Å². The zero-order valence-electron chi connectivity index (χ0n) is 29.6. The molecule has 51 heavy (non-hydrogen) atoms. The van der Waals surface area contributed by atoms with Gasteiger partial charge < -0.3 is 24.6 Å². The average molecular weight is 695 g/mol. The van der Waals surface area contributed by atoms with Crippen LogP contribution in [0.2, 0.25) is 0 Å². The lowest BCUT2D eigenvalue weighted by Gasteiger charge is -2.47. The van der Waals surface area contributed by atoms with Crippen LogP contribution < -0.4 is 21.3 Å². The maximum Gasteiger partial charge on any atom is 0.283 e. The fourth-order valence-electron chi connectivity index (χ4n) is 6.96. The van der Waals surface area contributed by atoms with Crippen LogP contribution in [0, 0.1) is 5.82 Å². The highest BCUT2D eigenvalue weighted by Crippen LogP contribution is 2.31. The molecule has 6 heterocycles. The molecular formula is C38H43FN8O4. The summed E-state index contributed by atoms with van der Waals surface area (Å²) in [6, 6.07) is 11.3. The van der Waals surface area contributed by atoms with Crippen molar-refractivity contribution in [3.63, 3.8) is 0 Å². The van der Waals surface area contributed by atoms with Crippen molar-refractivity contribution >= 4 is 28.0 Å². The third-order valence-corrected chi connectivity index (χ3v) is 10.1. The van der Waals surface area contributed by atoms with Gasteiger partial charge in [-0.1, -0.05) is 27.7 Å². The number of hydrogen-bond acceptors (Lipinski definition) is 10. The second-order valence-corrected chi connectivity index (χ2v) is 14.4. The van der Waals surface area contributed by atoms with Gasteiger partial charge in [0.05, 0.1) is 49.3 Å². The molecule has 13 heteroatoms. The van der Waals surface area contributed by atoms with E-state index in [0.717, 1.165) is 55.2 Å². The normalized spacial score (nSPS) is 17.2. The molecule has 0 saturated carbocycles. The van der Waals surface area contributed by atoms with Gasteiger partial charge in [0, 0.05) is 61.6 Å². The minimum atomic E-state index is -0.692. The number of aliphatic hydroxyl groups excluding tert-OH is 1. The van der Waals surface area contributed by atoms with Gasteiger partial charge in [0.1, 0.15) is 17.3 Å². The number of ether oxygens (including phenoxy) is 1. The van der Waals surface area contributed by atoms with Crippen LogP contribution in [0.25, 0.3) is 27.7 Å². The van der Waals surface area contributed by atoms with Gasteiger partial charge in [0.15, 0.2) is 5.82 Å². The molecule has 0 amide bonds. The lowest BCUT2D eigenvalue weighted by atomic mass is 9.86. The molecule has 266 valence electrons. The minimum absolute atomic E-state index is 0.0639. The smallest absolute Gasteiger partial charge is 0.283 e. The third-order valence-electron chi connectivity index (χ3n) is 10.1. The molecule has 0 bridgehead atoms. The molecule has 7 rings (SSSR count). The Balaban J connectivity index is 1.18. The number of nitrogens with zero attached hydrogens (tertiary/aromatic N) is 7. The predicted octanol–water partition coefficient (Wildman–Crippen LogP) is 4.51. The van der Waals surface area contributed by atoms with E-state index in [1.807, 2.05) is 39.1 Å². The van der Waals surface area contributed by atoms with Gasteiger partial charge in [0.2, 0.25) is 0 Å². The van der Waals surface area contributed by atoms with E-state index in [0.29, 0.717) is 40.0 Å². The molecule has 0 radical (unpaired) electrons. The molecule has 0 unspecified atom stereocenters. The summed E-state index contributed by atoms with van der Waals surface area (Å²) in [6.07, 6.45) is 7.42. The number of hydrogen-bond donors (Lipinski definition) is 2. The van der Waals surface area contributed by atoms with E-state index in [1.165, 1.54) is 23.0 Å². The van der Waals surface area contributed by atoms with Gasteiger partial charge >= 0.3 is 0 Å². The number of nitrogens with one attached hydrogen (secondary N) is 1. The zero-order valence-corrected chi connectivity index (χ0v) is 29.6. The summed E-state index contributed by atoms with van der Waals surface area (Å²) >= 11 is 0. The molecule has 1 atom stereocenters. The molecule has 2 aliphatic heterocycles. The largest absolute Gasteiger partial charge is 0.392 e. The average Bonchev–Trinajstić information content (AvgIpc) is 3.09. The van der Waals surface area contributed by atoms with Crippen molar-refractivity contribution in [2.75, 3.05) is 43.1 Å². The molecule has 0 aliphatic carbocycles. The topological polar surface area (TPSA) is 131 Å². The summed E-state index contributed by atoms with van der Waals surface area (Å²) in [5.41, 5.74) is 2.16. The number of pyridine rings is 3. The second-order valence-electron chi connectivity index (χ2n) is 14.4. The van der Waals surface area contributed by atoms with Crippen LogP contribution in [-0.4, -0.2) is 79.3 Å². The fourth-order valence-corrected chi connectivity index (χ4v) is 6.96. The van der Waals surface area contributed by atoms with Crippen molar-refractivity contribution in [3.05, 3.63) is 98.8 Å². The van der Waals surface area contributed by atoms with E-state index in [9.17, 15) is 14.7 Å². The summed E-state index contributed by atoms with van der Waals surface area (Å²) in [4.78, 5) is 40.9. The van der Waals surface area contributed by atoms with Crippen molar-refractivity contribution in [1.29, 1.82) is 0 Å². The first-order chi connectivity index (χ1) is 24.5. The Morgan fingerprint density at radius 3 is 2.51 bits per heavy atom. The second kappa shape index (κ2) is 13.6. The summed E-state index contributed by atoms with van der Waals surface area (Å²) in [6.45, 7) is 12.1. The van der Waals surface area contributed by atoms with Crippen molar-refractivity contribution in [3.8, 4) is 16.9 Å². The maximum atomic E-state index is 15.4. The first-order valence-corrected chi connectivity index (χ1v) is 17.3. The molecule has 12 nitrogen and oxygen atoms in total. The van der Waals surface area contributed by atoms with Gasteiger partial charge in [0.25, 0.3) is 11.1 Å². The number of fused-ring (bicyclic) bond motifs is 1. The molecule has 1 aromatic carbocycles. The van der Waals surface area contributed by atoms with Gasteiger partial charge in [-0.25, -0.2) is 14.4 Å². The molecule has 5 aromatic rings. The SMILES string of the molecule is CC[C@H]1CN(C2COC2)CCN1c1ccc(Nc2cc(-c3ccnc(-n4ncc5cc(C(C)(C)C)cc(F)c5c4=O)c3CO)cn(C)c2=O)nc1. The van der Waals surface area contributed by atoms with E-state index >= 15 is 4.39 Å². The molecular weight excluding hydrogens is 651 g/mol. The summed E-state index contributed by atoms with van der Waals surface area (Å²) in [5, 5.41) is 18.4. The van der Waals surface area contributed by atoms with Crippen LogP contribution in [0.3, 0.4) is 0 Å². The number of benzene rings is 1. The number of aliphatic hydroxyl groups is 1. The Morgan fingerprint density at radius 2 is 1.84 bits per heavy atom. The van der Waals surface area contributed by atoms with Crippen molar-refractivity contribution in [2.45, 2.75) is 58.2 Å². The van der Waals surface area contributed by atoms with Crippen LogP contribution in [0.15, 0.2) is 70.8 Å². The van der Waals surface area contributed by atoms with Gasteiger partial charge in [-0.2, -0.15) is 9.78 Å². The Morgan fingerprint density at radius 1 is 1.04 bits per heavy atom. The van der Waals surface area contributed by atoms with E-state index < -0.39 is 18.0 Å². The maximum absolute atomic E-state index is 15.4. The van der Waals surface area contributed by atoms with E-state index in [-0.39, 0.29) is 27.9 Å². The Hall–Kier alpha value is -4.98. The highest BCUT2D eigenvalue weighted by Gasteiger charge is 2.33. The van der Waals surface area contributed by atoms with Gasteiger partial charge in [-0.3, -0.25) is 14.5 Å². The Kier molecular flexibility index (Phi) is 9.21. The Labute approximate surface area is 295 Å². The highest BCUT2D eigenvalue weighted by atomic mass is 19.1. The van der Waals surface area contributed by atoms with Crippen LogP contribution in [0.4, 0.5) is 21.6 Å². The number of anilines is 3. The van der Waals surface area contributed by atoms with E-state index in [4.69, 9.17) is 4.74 Å². The standard InChI is InChI=1S/C38H43FN8O4/c1-6-26-19-45(28-21-51-22-28)11-12-46(26)27-7-8-33(41-17-27)43-32-14-24(18-44(5)36(32)49)29-9-10-40-35(30(29)20-48)47-37(50)34-23(16-42-47)13-25(15-31(34)39)38(2,3)4/h7-10,13-18,26,28,48H,6,11-12,19-22H2,1-5H3,(H,41,43)/t26-/m0/s1. The number of halogens is 1. The van der Waals surface area contributed by atoms with Crippen LogP contribution in [-0.2, 0) is 23.8 Å². The first kappa shape index (κ1) is 34.5. The lowest BCUT2D eigenvalue weighted by Crippen LogP contribution is -2.60. The number of aromatic nitrogens is 5. The van der Waals surface area contributed by atoms with Crippen LogP contribution >= 0.6 is 0 Å². The molecule has 0 spiro atoms. The minimum Gasteiger partial charge on any atom is -0.392 e. The van der Waals surface area contributed by atoms with Crippen molar-refractivity contribution in [1.82, 2.24) is 29.2 Å². The zero-order chi connectivity index (χ0) is 36.0. The van der Waals surface area contributed by atoms with Gasteiger partial charge in [-0.05, 0) is 59.4 Å². The van der Waals surface area contributed by atoms with Crippen LogP contribution in [0.5, 0.6) is 0 Å². The summed E-state index contributed by atoms with van der Waals surface area (Å²) < 4.78 is 23.3. The molecule has 2 saturated heterocycles. The van der Waals surface area contributed by atoms with Crippen LogP contribution in [0.1, 0.15) is 45.2 Å². The van der Waals surface area contributed by atoms with Gasteiger partial charge in [-0.15, -0.1) is 0 Å².